The van der Waals surface area contributed by atoms with Gasteiger partial charge in [0.1, 0.15) is 5.75 Å². The second kappa shape index (κ2) is 12.4. The highest BCUT2D eigenvalue weighted by atomic mass is 16.5. The summed E-state index contributed by atoms with van der Waals surface area (Å²) in [6, 6.07) is 17.9. The molecule has 0 radical (unpaired) electrons. The molecule has 0 aromatic heterocycles. The molecular formula is C30H33NO6. The van der Waals surface area contributed by atoms with E-state index in [1.54, 1.807) is 0 Å². The molecule has 0 spiro atoms. The lowest BCUT2D eigenvalue weighted by Crippen LogP contribution is -2.19. The van der Waals surface area contributed by atoms with Crippen LogP contribution < -0.4 is 10.1 Å². The fourth-order valence-corrected chi connectivity index (χ4v) is 4.67. The van der Waals surface area contributed by atoms with Gasteiger partial charge in [-0.1, -0.05) is 37.1 Å². The van der Waals surface area contributed by atoms with Crippen LogP contribution in [0, 0.1) is 5.92 Å². The summed E-state index contributed by atoms with van der Waals surface area (Å²) in [6.45, 7) is 1.65. The van der Waals surface area contributed by atoms with Gasteiger partial charge in [-0.3, -0.25) is 14.4 Å². The summed E-state index contributed by atoms with van der Waals surface area (Å²) >= 11 is 0. The topological polar surface area (TPSA) is 90.9 Å². The van der Waals surface area contributed by atoms with Crippen LogP contribution in [-0.4, -0.2) is 38.2 Å². The molecule has 37 heavy (non-hydrogen) atoms. The average molecular weight is 504 g/mol. The third-order valence-electron chi connectivity index (χ3n) is 6.68. The van der Waals surface area contributed by atoms with Gasteiger partial charge in [-0.15, -0.1) is 0 Å². The largest absolute Gasteiger partial charge is 0.493 e. The Morgan fingerprint density at radius 1 is 0.946 bits per heavy atom. The molecule has 1 N–H and O–H groups in total. The van der Waals surface area contributed by atoms with Gasteiger partial charge in [0.05, 0.1) is 13.7 Å². The summed E-state index contributed by atoms with van der Waals surface area (Å²) in [7, 11) is 1.40. The third kappa shape index (κ3) is 7.32. The Bertz CT molecular complexity index is 1280. The number of methoxy groups -OCH3 is 1. The number of benzene rings is 3. The Labute approximate surface area is 217 Å². The van der Waals surface area contributed by atoms with Crippen molar-refractivity contribution < 1.29 is 28.6 Å². The summed E-state index contributed by atoms with van der Waals surface area (Å²) < 4.78 is 15.9. The van der Waals surface area contributed by atoms with E-state index in [0.717, 1.165) is 33.2 Å². The number of amides is 1. The maximum Gasteiger partial charge on any atom is 0.305 e. The van der Waals surface area contributed by atoms with E-state index >= 15 is 0 Å². The summed E-state index contributed by atoms with van der Waals surface area (Å²) in [5.74, 6) is 0.311. The molecule has 0 aliphatic heterocycles. The number of ether oxygens (including phenoxy) is 3. The molecule has 194 valence electrons. The lowest BCUT2D eigenvalue weighted by atomic mass is 9.97. The highest BCUT2D eigenvalue weighted by Crippen LogP contribution is 2.35. The Hall–Kier alpha value is -3.87. The standard InChI is InChI=1S/C30H33NO6/c1-20(32)36-19-29(33)31-26-12-11-23-16-25(10-9-24(23)17-26)27-15-21(8-14-30(34)35-2)7-13-28(27)37-18-22-5-3-4-6-22/h7,9-13,15-17,22H,3-6,8,14,18-19H2,1-2H3,(H,31,33). The lowest BCUT2D eigenvalue weighted by molar-refractivity contribution is -0.145. The van der Waals surface area contributed by atoms with Crippen LogP contribution >= 0.6 is 0 Å². The predicted octanol–water partition coefficient (Wildman–Crippen LogP) is 5.68. The van der Waals surface area contributed by atoms with Gasteiger partial charge in [-0.2, -0.15) is 0 Å². The summed E-state index contributed by atoms with van der Waals surface area (Å²) in [5, 5.41) is 4.72. The molecule has 0 saturated heterocycles. The first-order chi connectivity index (χ1) is 17.9. The van der Waals surface area contributed by atoms with E-state index < -0.39 is 5.97 Å². The van der Waals surface area contributed by atoms with Crippen LogP contribution in [0.4, 0.5) is 5.69 Å². The number of fused-ring (bicyclic) bond motifs is 1. The monoisotopic (exact) mass is 503 g/mol. The number of carbonyl (C=O) groups excluding carboxylic acids is 3. The van der Waals surface area contributed by atoms with Crippen LogP contribution in [0.3, 0.4) is 0 Å². The Morgan fingerprint density at radius 2 is 1.70 bits per heavy atom. The van der Waals surface area contributed by atoms with Gasteiger partial charge in [0.25, 0.3) is 5.91 Å². The fraction of sp³-hybridized carbons (Fsp3) is 0.367. The second-order valence-electron chi connectivity index (χ2n) is 9.47. The highest BCUT2D eigenvalue weighted by molar-refractivity contribution is 5.96. The zero-order valence-corrected chi connectivity index (χ0v) is 21.4. The molecule has 0 unspecified atom stereocenters. The molecule has 1 aliphatic carbocycles. The molecule has 3 aromatic carbocycles. The average Bonchev–Trinajstić information content (AvgIpc) is 3.43. The molecule has 1 amide bonds. The van der Waals surface area contributed by atoms with E-state index in [4.69, 9.17) is 14.2 Å². The smallest absolute Gasteiger partial charge is 0.305 e. The number of aryl methyl sites for hydroxylation is 1. The van der Waals surface area contributed by atoms with Crippen molar-refractivity contribution in [1.29, 1.82) is 0 Å². The van der Waals surface area contributed by atoms with Crippen molar-refractivity contribution in [2.45, 2.75) is 45.4 Å². The van der Waals surface area contributed by atoms with E-state index in [9.17, 15) is 14.4 Å². The van der Waals surface area contributed by atoms with Crippen LogP contribution in [0.2, 0.25) is 0 Å². The van der Waals surface area contributed by atoms with Gasteiger partial charge < -0.3 is 19.5 Å². The van der Waals surface area contributed by atoms with Crippen LogP contribution in [0.25, 0.3) is 21.9 Å². The number of hydrogen-bond donors (Lipinski definition) is 1. The highest BCUT2D eigenvalue weighted by Gasteiger charge is 2.17. The van der Waals surface area contributed by atoms with Gasteiger partial charge in [-0.25, -0.2) is 0 Å². The minimum absolute atomic E-state index is 0.232. The SMILES string of the molecule is COC(=O)CCc1ccc(OCC2CCCC2)c(-c2ccc3cc(NC(=O)COC(C)=O)ccc3c2)c1. The first kappa shape index (κ1) is 26.2. The van der Waals surface area contributed by atoms with Crippen molar-refractivity contribution in [3.05, 3.63) is 60.2 Å². The molecule has 1 fully saturated rings. The molecule has 0 bridgehead atoms. The molecule has 0 heterocycles. The van der Waals surface area contributed by atoms with Gasteiger partial charge in [0.15, 0.2) is 6.61 Å². The zero-order valence-electron chi connectivity index (χ0n) is 21.4. The van der Waals surface area contributed by atoms with Crippen molar-refractivity contribution in [3.63, 3.8) is 0 Å². The van der Waals surface area contributed by atoms with E-state index in [0.29, 0.717) is 31.1 Å². The number of rotatable bonds is 10. The summed E-state index contributed by atoms with van der Waals surface area (Å²) in [4.78, 5) is 34.6. The minimum atomic E-state index is -0.498. The maximum absolute atomic E-state index is 12.0. The van der Waals surface area contributed by atoms with Crippen LogP contribution in [0.15, 0.2) is 54.6 Å². The van der Waals surface area contributed by atoms with Crippen molar-refractivity contribution in [3.8, 4) is 16.9 Å². The van der Waals surface area contributed by atoms with Crippen molar-refractivity contribution in [2.75, 3.05) is 25.6 Å². The Morgan fingerprint density at radius 3 is 2.46 bits per heavy atom. The van der Waals surface area contributed by atoms with E-state index in [2.05, 4.69) is 17.4 Å². The Kier molecular flexibility index (Phi) is 8.77. The van der Waals surface area contributed by atoms with Gasteiger partial charge in [0.2, 0.25) is 0 Å². The fourth-order valence-electron chi connectivity index (χ4n) is 4.67. The quantitative estimate of drug-likeness (QED) is 0.358. The van der Waals surface area contributed by atoms with Crippen LogP contribution in [0.1, 0.15) is 44.6 Å². The first-order valence-corrected chi connectivity index (χ1v) is 12.7. The molecule has 4 rings (SSSR count). The number of esters is 2. The van der Waals surface area contributed by atoms with E-state index in [1.807, 2.05) is 42.5 Å². The van der Waals surface area contributed by atoms with Gasteiger partial charge >= 0.3 is 11.9 Å². The van der Waals surface area contributed by atoms with Crippen molar-refractivity contribution >= 4 is 34.3 Å². The first-order valence-electron chi connectivity index (χ1n) is 12.7. The minimum Gasteiger partial charge on any atom is -0.493 e. The second-order valence-corrected chi connectivity index (χ2v) is 9.47. The maximum atomic E-state index is 12.0. The number of nitrogens with one attached hydrogen (secondary N) is 1. The molecule has 1 saturated carbocycles. The molecule has 1 aliphatic rings. The Balaban J connectivity index is 1.57. The molecule has 0 atom stereocenters. The van der Waals surface area contributed by atoms with E-state index in [-0.39, 0.29) is 18.5 Å². The van der Waals surface area contributed by atoms with Gasteiger partial charge in [-0.05, 0) is 77.4 Å². The summed E-state index contributed by atoms with van der Waals surface area (Å²) in [6.07, 6.45) is 5.87. The van der Waals surface area contributed by atoms with Gasteiger partial charge in [0, 0.05) is 24.6 Å². The zero-order chi connectivity index (χ0) is 26.2. The number of anilines is 1. The molecule has 7 nitrogen and oxygen atoms in total. The summed E-state index contributed by atoms with van der Waals surface area (Å²) in [5.41, 5.74) is 3.67. The lowest BCUT2D eigenvalue weighted by Gasteiger charge is -2.17. The molecule has 3 aromatic rings. The normalized spacial score (nSPS) is 13.4. The van der Waals surface area contributed by atoms with Crippen LogP contribution in [-0.2, 0) is 30.3 Å². The number of hydrogen-bond acceptors (Lipinski definition) is 6. The van der Waals surface area contributed by atoms with Crippen molar-refractivity contribution in [1.82, 2.24) is 0 Å². The van der Waals surface area contributed by atoms with Crippen molar-refractivity contribution in [2.24, 2.45) is 5.92 Å². The number of carbonyl (C=O) groups is 3. The molecular weight excluding hydrogens is 470 g/mol. The van der Waals surface area contributed by atoms with Crippen LogP contribution in [0.5, 0.6) is 5.75 Å². The third-order valence-corrected chi connectivity index (χ3v) is 6.68. The predicted molar refractivity (Wildman–Crippen MR) is 142 cm³/mol. The molecule has 7 heteroatoms. The van der Waals surface area contributed by atoms with E-state index in [1.165, 1.54) is 39.7 Å².